The molecule has 0 bridgehead atoms. The first-order valence-corrected chi connectivity index (χ1v) is 22.5. The summed E-state index contributed by atoms with van der Waals surface area (Å²) in [5.41, 5.74) is -0.493. The average molecular weight is 843 g/mol. The van der Waals surface area contributed by atoms with Crippen molar-refractivity contribution in [3.63, 3.8) is 0 Å². The first-order valence-electron chi connectivity index (χ1n) is 21.0. The monoisotopic (exact) mass is 842 g/mol. The molecule has 2 aliphatic carbocycles. The van der Waals surface area contributed by atoms with E-state index in [0.29, 0.717) is 57.8 Å². The smallest absolute Gasteiger partial charge is 0.410 e. The van der Waals surface area contributed by atoms with Gasteiger partial charge in [-0.25, -0.2) is 18.0 Å². The third-order valence-electron chi connectivity index (χ3n) is 11.7. The van der Waals surface area contributed by atoms with Crippen LogP contribution in [-0.2, 0) is 51.7 Å². The number of hydrogen-bond acceptors (Lipinski definition) is 12. The van der Waals surface area contributed by atoms with Gasteiger partial charge in [-0.1, -0.05) is 31.1 Å². The van der Waals surface area contributed by atoms with Gasteiger partial charge in [0.1, 0.15) is 41.7 Å². The number of hydrogen-bond donors (Lipinski definition) is 3. The summed E-state index contributed by atoms with van der Waals surface area (Å²) < 4.78 is 50.8. The van der Waals surface area contributed by atoms with Gasteiger partial charge < -0.3 is 34.5 Å². The average Bonchev–Trinajstić information content (AvgIpc) is 4.07. The zero-order valence-electron chi connectivity index (χ0n) is 34.2. The lowest BCUT2D eigenvalue weighted by Gasteiger charge is -2.30. The first-order chi connectivity index (χ1) is 28.1. The van der Waals surface area contributed by atoms with Crippen LogP contribution in [-0.4, -0.2) is 134 Å². The molecule has 0 unspecified atom stereocenters. The minimum atomic E-state index is -3.92. The van der Waals surface area contributed by atoms with E-state index in [-0.39, 0.29) is 32.4 Å². The second kappa shape index (κ2) is 17.7. The van der Waals surface area contributed by atoms with E-state index in [2.05, 4.69) is 20.3 Å². The predicted molar refractivity (Wildman–Crippen MR) is 213 cm³/mol. The minimum absolute atomic E-state index is 0.0804. The molecule has 2 saturated carbocycles. The zero-order chi connectivity index (χ0) is 42.0. The summed E-state index contributed by atoms with van der Waals surface area (Å²) in [4.78, 5) is 74.4. The van der Waals surface area contributed by atoms with Crippen molar-refractivity contribution in [2.24, 2.45) is 5.92 Å². The van der Waals surface area contributed by atoms with E-state index in [1.807, 2.05) is 30.4 Å². The highest BCUT2D eigenvalue weighted by atomic mass is 32.2. The molecule has 5 atom stereocenters. The molecule has 5 amide bonds. The van der Waals surface area contributed by atoms with Gasteiger partial charge in [0.05, 0.1) is 25.0 Å². The third-order valence-corrected chi connectivity index (χ3v) is 13.6. The van der Waals surface area contributed by atoms with Gasteiger partial charge >= 0.3 is 12.2 Å². The number of nitrogens with one attached hydrogen (secondary N) is 3. The van der Waals surface area contributed by atoms with Crippen molar-refractivity contribution < 1.29 is 51.3 Å². The molecule has 324 valence electrons. The maximum Gasteiger partial charge on any atom is 0.410 e. The maximum atomic E-state index is 14.5. The van der Waals surface area contributed by atoms with Gasteiger partial charge in [-0.15, -0.1) is 0 Å². The number of nitrogens with zero attached hydrogens (tertiary/aromatic N) is 3. The van der Waals surface area contributed by atoms with Crippen LogP contribution in [0.4, 0.5) is 9.59 Å². The lowest BCUT2D eigenvalue weighted by Crippen LogP contribution is -2.58. The molecule has 0 spiro atoms. The van der Waals surface area contributed by atoms with Crippen molar-refractivity contribution in [1.29, 1.82) is 0 Å². The summed E-state index contributed by atoms with van der Waals surface area (Å²) in [5, 5.41) is 4.90. The highest BCUT2D eigenvalue weighted by molar-refractivity contribution is 7.91. The molecule has 0 aromatic heterocycles. The Morgan fingerprint density at radius 3 is 2.53 bits per heavy atom. The van der Waals surface area contributed by atoms with Crippen LogP contribution in [0.5, 0.6) is 5.75 Å². The number of amides is 5. The number of sulfonamides is 1. The number of ether oxygens (including phenoxy) is 4. The quantitative estimate of drug-likeness (QED) is 0.308. The Labute approximate surface area is 345 Å². The number of allylic oxidation sites excluding steroid dienone is 1. The fourth-order valence-electron chi connectivity index (χ4n) is 8.22. The third kappa shape index (κ3) is 10.7. The van der Waals surface area contributed by atoms with E-state index in [1.165, 1.54) is 4.90 Å². The second-order valence-corrected chi connectivity index (χ2v) is 19.5. The van der Waals surface area contributed by atoms with E-state index in [1.54, 1.807) is 25.7 Å². The predicted octanol–water partition coefficient (Wildman–Crippen LogP) is 2.72. The lowest BCUT2D eigenvalue weighted by molar-refractivity contribution is -0.141. The number of alkyl carbamates (subject to hydrolysis) is 1. The molecule has 18 heteroatoms. The van der Waals surface area contributed by atoms with Gasteiger partial charge in [-0.3, -0.25) is 28.9 Å². The second-order valence-electron chi connectivity index (χ2n) is 17.5. The Kier molecular flexibility index (Phi) is 12.8. The minimum Gasteiger partial charge on any atom is -0.492 e. The summed E-state index contributed by atoms with van der Waals surface area (Å²) in [6.45, 7) is 10.1. The van der Waals surface area contributed by atoms with Crippen LogP contribution in [0.2, 0.25) is 0 Å². The Morgan fingerprint density at radius 2 is 1.78 bits per heavy atom. The molecule has 2 saturated heterocycles. The largest absolute Gasteiger partial charge is 0.492 e. The highest BCUT2D eigenvalue weighted by Gasteiger charge is 2.62. The summed E-state index contributed by atoms with van der Waals surface area (Å²) >= 11 is 0. The van der Waals surface area contributed by atoms with E-state index in [4.69, 9.17) is 18.9 Å². The standard InChI is InChI=1S/C41H58N6O11S/c1-40(2,3)58-38(51)42-33-10-8-6-4-5-7-9-29-23-41(29,37(50)44-59(53,54)32-13-14-32)43-35(48)34-22-31(26-47(34)36(33)49)57-39(52)46-24-27-11-12-30(21-28(27)25-46)56-20-17-45-15-18-55-19-16-45/h7,9,11-12,21,29,31-34H,4-6,8,10,13-20,22-26H2,1-3H3,(H,42,51)(H,43,48)(H,44,50)/b9-7+/t29-,31-,33+,34+,41-/m1/s1. The van der Waals surface area contributed by atoms with Gasteiger partial charge in [0, 0.05) is 45.1 Å². The summed E-state index contributed by atoms with van der Waals surface area (Å²) in [7, 11) is -3.92. The van der Waals surface area contributed by atoms with Gasteiger partial charge in [0.25, 0.3) is 5.91 Å². The van der Waals surface area contributed by atoms with Crippen molar-refractivity contribution in [2.45, 2.75) is 126 Å². The van der Waals surface area contributed by atoms with Crippen molar-refractivity contribution in [1.82, 2.24) is 30.1 Å². The zero-order valence-corrected chi connectivity index (χ0v) is 35.1. The van der Waals surface area contributed by atoms with E-state index in [9.17, 15) is 32.4 Å². The summed E-state index contributed by atoms with van der Waals surface area (Å²) in [6.07, 6.45) is 5.52. The Morgan fingerprint density at radius 1 is 1.02 bits per heavy atom. The summed E-state index contributed by atoms with van der Waals surface area (Å²) in [5.74, 6) is -1.82. The molecule has 3 N–H and O–H groups in total. The number of morpholine rings is 1. The first kappa shape index (κ1) is 42.7. The molecular weight excluding hydrogens is 785 g/mol. The van der Waals surface area contributed by atoms with Crippen LogP contribution in [0, 0.1) is 5.92 Å². The number of carbonyl (C=O) groups excluding carboxylic acids is 5. The lowest BCUT2D eigenvalue weighted by atomic mass is 10.0. The fraction of sp³-hybridized carbons (Fsp3) is 0.683. The molecule has 7 rings (SSSR count). The molecule has 1 aromatic rings. The molecule has 6 aliphatic rings. The van der Waals surface area contributed by atoms with Crippen molar-refractivity contribution in [3.05, 3.63) is 41.5 Å². The fourth-order valence-corrected chi connectivity index (χ4v) is 9.59. The van der Waals surface area contributed by atoms with Crippen molar-refractivity contribution in [2.75, 3.05) is 46.0 Å². The van der Waals surface area contributed by atoms with Crippen LogP contribution in [0.1, 0.15) is 89.7 Å². The SMILES string of the molecule is CC(C)(C)OC(=O)N[C@H]1CCCCC/C=C/[C@@H]2C[C@@]2(C(=O)NS(=O)(=O)C2CC2)NC(=O)[C@@H]2C[C@@H](OC(=O)N3Cc4ccc(OCCN5CCOCC5)cc4C3)CN2C1=O. The van der Waals surface area contributed by atoms with E-state index < -0.39 is 80.4 Å². The van der Waals surface area contributed by atoms with Crippen molar-refractivity contribution >= 4 is 39.9 Å². The van der Waals surface area contributed by atoms with E-state index >= 15 is 0 Å². The van der Waals surface area contributed by atoms with Crippen LogP contribution in [0.3, 0.4) is 0 Å². The van der Waals surface area contributed by atoms with Crippen LogP contribution >= 0.6 is 0 Å². The summed E-state index contributed by atoms with van der Waals surface area (Å²) in [6, 6.07) is 3.49. The van der Waals surface area contributed by atoms with Crippen LogP contribution in [0.15, 0.2) is 30.4 Å². The van der Waals surface area contributed by atoms with Crippen LogP contribution < -0.4 is 20.1 Å². The number of fused-ring (bicyclic) bond motifs is 3. The van der Waals surface area contributed by atoms with Gasteiger partial charge in [0.2, 0.25) is 21.8 Å². The molecule has 0 radical (unpaired) electrons. The molecule has 4 aliphatic heterocycles. The van der Waals surface area contributed by atoms with Crippen LogP contribution in [0.25, 0.3) is 0 Å². The van der Waals surface area contributed by atoms with E-state index in [0.717, 1.165) is 43.6 Å². The normalized spacial score (nSPS) is 28.5. The Balaban J connectivity index is 1.06. The topological polar surface area (TPSA) is 202 Å². The highest BCUT2D eigenvalue weighted by Crippen LogP contribution is 2.46. The molecular formula is C41H58N6O11S. The number of rotatable bonds is 9. The molecule has 4 fully saturated rings. The van der Waals surface area contributed by atoms with Crippen molar-refractivity contribution in [3.8, 4) is 5.75 Å². The molecule has 1 aromatic carbocycles. The van der Waals surface area contributed by atoms with Gasteiger partial charge in [-0.2, -0.15) is 0 Å². The number of carbonyl (C=O) groups is 5. The molecule has 17 nitrogen and oxygen atoms in total. The van der Waals surface area contributed by atoms with Gasteiger partial charge in [-0.05, 0) is 82.6 Å². The Hall–Kier alpha value is -4.42. The maximum absolute atomic E-state index is 14.5. The Bertz CT molecular complexity index is 1910. The molecule has 4 heterocycles. The molecule has 59 heavy (non-hydrogen) atoms. The number of benzene rings is 1. The van der Waals surface area contributed by atoms with Gasteiger partial charge in [0.15, 0.2) is 0 Å².